The first-order chi connectivity index (χ1) is 13.1. The molecule has 0 aromatic carbocycles. The van der Waals surface area contributed by atoms with Crippen LogP contribution in [-0.4, -0.2) is 69.7 Å². The van der Waals surface area contributed by atoms with Crippen molar-refractivity contribution in [2.24, 2.45) is 16.0 Å². The van der Waals surface area contributed by atoms with Crippen LogP contribution in [0, 0.1) is 0 Å². The second kappa shape index (κ2) is 10.1. The largest absolute Gasteiger partial charge is 0.499 e. The van der Waals surface area contributed by atoms with E-state index < -0.39 is 72.5 Å². The van der Waals surface area contributed by atoms with E-state index >= 15 is 0 Å². The molecule has 1 rings (SSSR count). The summed E-state index contributed by atoms with van der Waals surface area (Å²) < 4.78 is 4.53. The zero-order valence-electron chi connectivity index (χ0n) is 14.6. The van der Waals surface area contributed by atoms with Crippen molar-refractivity contribution in [1.82, 2.24) is 10.6 Å². The maximum absolute atomic E-state index is 12.2. The molecule has 14 nitrogen and oxygen atoms in total. The topological polar surface area (TPSA) is 230 Å². The first kappa shape index (κ1) is 22.7. The highest BCUT2D eigenvalue weighted by atomic mass is 16.6. The summed E-state index contributed by atoms with van der Waals surface area (Å²) in [5.74, 6) is -7.49. The predicted molar refractivity (Wildman–Crippen MR) is 87.1 cm³/mol. The molecule has 0 bridgehead atoms. The number of nitrogens with zero attached hydrogens (tertiary/aromatic N) is 2. The molecule has 0 saturated heterocycles. The summed E-state index contributed by atoms with van der Waals surface area (Å²) >= 11 is 0. The van der Waals surface area contributed by atoms with Gasteiger partial charge in [-0.1, -0.05) is 5.11 Å². The molecular formula is C14H19N5O9. The summed E-state index contributed by atoms with van der Waals surface area (Å²) in [6, 6.07) is -4.02. The number of amides is 3. The number of esters is 1. The van der Waals surface area contributed by atoms with Crippen molar-refractivity contribution in [3.8, 4) is 0 Å². The smallest absolute Gasteiger partial charge is 0.336 e. The molecule has 3 atom stereocenters. The third-order valence-electron chi connectivity index (χ3n) is 3.30. The molecule has 0 radical (unpaired) electrons. The van der Waals surface area contributed by atoms with Crippen molar-refractivity contribution in [2.75, 3.05) is 6.61 Å². The fraction of sp³-hybridized carbons (Fsp3) is 0.500. The van der Waals surface area contributed by atoms with Crippen molar-refractivity contribution >= 4 is 29.7 Å². The number of hydrogen-bond donors (Lipinski definition) is 6. The molecule has 0 unspecified atom stereocenters. The molecular weight excluding hydrogens is 382 g/mol. The maximum Gasteiger partial charge on any atom is 0.336 e. The number of aliphatic hydroxyl groups excluding tert-OH is 2. The minimum Gasteiger partial charge on any atom is -0.499 e. The van der Waals surface area contributed by atoms with Crippen LogP contribution in [0.15, 0.2) is 21.9 Å². The fourth-order valence-electron chi connectivity index (χ4n) is 1.84. The van der Waals surface area contributed by atoms with E-state index in [0.29, 0.717) is 0 Å². The lowest BCUT2D eigenvalue weighted by atomic mass is 10.1. The van der Waals surface area contributed by atoms with Gasteiger partial charge in [-0.15, -0.1) is 5.11 Å². The van der Waals surface area contributed by atoms with Gasteiger partial charge in [0.2, 0.25) is 11.8 Å². The minimum absolute atomic E-state index is 0.232. The fourth-order valence-corrected chi connectivity index (χ4v) is 1.84. The Labute approximate surface area is 157 Å². The van der Waals surface area contributed by atoms with E-state index in [2.05, 4.69) is 20.3 Å². The number of aliphatic carboxylic acids is 1. The van der Waals surface area contributed by atoms with Crippen molar-refractivity contribution in [3.05, 3.63) is 11.6 Å². The minimum atomic E-state index is -1.77. The lowest BCUT2D eigenvalue weighted by molar-refractivity contribution is -0.148. The number of nitrogens with one attached hydrogen (secondary N) is 2. The molecule has 154 valence electrons. The van der Waals surface area contributed by atoms with Gasteiger partial charge in [0.15, 0.2) is 0 Å². The lowest BCUT2D eigenvalue weighted by Gasteiger charge is -2.21. The number of carbonyl (C=O) groups excluding carboxylic acids is 4. The van der Waals surface area contributed by atoms with Gasteiger partial charge in [-0.3, -0.25) is 19.2 Å². The summed E-state index contributed by atoms with van der Waals surface area (Å²) in [6.07, 6.45) is -1.13. The van der Waals surface area contributed by atoms with Crippen LogP contribution in [0.2, 0.25) is 0 Å². The van der Waals surface area contributed by atoms with Gasteiger partial charge in [-0.2, -0.15) is 0 Å². The summed E-state index contributed by atoms with van der Waals surface area (Å²) in [4.78, 5) is 57.9. The van der Waals surface area contributed by atoms with Gasteiger partial charge in [0, 0.05) is 6.61 Å². The van der Waals surface area contributed by atoms with Gasteiger partial charge < -0.3 is 36.4 Å². The molecule has 14 heteroatoms. The molecule has 1 heterocycles. The Morgan fingerprint density at radius 3 is 2.21 bits per heavy atom. The molecule has 0 aromatic rings. The van der Waals surface area contributed by atoms with Crippen LogP contribution in [0.3, 0.4) is 0 Å². The number of carboxylic acids is 1. The highest BCUT2D eigenvalue weighted by Gasteiger charge is 2.31. The first-order valence-corrected chi connectivity index (χ1v) is 7.86. The van der Waals surface area contributed by atoms with Crippen LogP contribution in [0.5, 0.6) is 0 Å². The van der Waals surface area contributed by atoms with Crippen LogP contribution in [-0.2, 0) is 28.7 Å². The Balaban J connectivity index is 2.76. The van der Waals surface area contributed by atoms with Crippen molar-refractivity contribution in [2.45, 2.75) is 37.9 Å². The SMILES string of the molecule is C[C@H](N)C(=O)N[C@@H](CCO)C(=O)N[C@@H](CC(=O)OC1=C(O)C(=O)N=N1)C(=O)O. The lowest BCUT2D eigenvalue weighted by Crippen LogP contribution is -2.54. The molecule has 0 fully saturated rings. The van der Waals surface area contributed by atoms with Gasteiger partial charge in [-0.05, 0) is 13.3 Å². The number of carboxylic acid groups (broad SMARTS) is 1. The van der Waals surface area contributed by atoms with E-state index in [1.54, 1.807) is 0 Å². The Morgan fingerprint density at radius 2 is 1.75 bits per heavy atom. The van der Waals surface area contributed by atoms with E-state index in [1.165, 1.54) is 6.92 Å². The highest BCUT2D eigenvalue weighted by molar-refractivity contribution is 5.94. The molecule has 1 aliphatic rings. The maximum atomic E-state index is 12.2. The molecule has 28 heavy (non-hydrogen) atoms. The van der Waals surface area contributed by atoms with E-state index in [9.17, 15) is 34.2 Å². The molecule has 1 aliphatic heterocycles. The molecule has 0 aliphatic carbocycles. The monoisotopic (exact) mass is 401 g/mol. The van der Waals surface area contributed by atoms with Crippen LogP contribution >= 0.6 is 0 Å². The average molecular weight is 401 g/mol. The zero-order chi connectivity index (χ0) is 21.4. The first-order valence-electron chi connectivity index (χ1n) is 7.86. The molecule has 3 amide bonds. The number of aliphatic hydroxyl groups is 2. The molecule has 0 saturated carbocycles. The number of nitrogens with two attached hydrogens (primary N) is 1. The summed E-state index contributed by atoms with van der Waals surface area (Å²) in [6.45, 7) is 0.859. The van der Waals surface area contributed by atoms with Gasteiger partial charge in [-0.25, -0.2) is 4.79 Å². The van der Waals surface area contributed by atoms with E-state index in [0.717, 1.165) is 0 Å². The summed E-state index contributed by atoms with van der Waals surface area (Å²) in [5.41, 5.74) is 5.37. The van der Waals surface area contributed by atoms with Crippen LogP contribution in [0.4, 0.5) is 0 Å². The van der Waals surface area contributed by atoms with Gasteiger partial charge in [0.05, 0.1) is 12.5 Å². The van der Waals surface area contributed by atoms with Crippen LogP contribution in [0.25, 0.3) is 0 Å². The molecule has 0 spiro atoms. The number of carbonyl (C=O) groups is 5. The van der Waals surface area contributed by atoms with E-state index in [1.807, 2.05) is 5.32 Å². The highest BCUT2D eigenvalue weighted by Crippen LogP contribution is 2.16. The Bertz CT molecular complexity index is 731. The van der Waals surface area contributed by atoms with Crippen molar-refractivity contribution < 1.29 is 44.0 Å². The number of hydrogen-bond acceptors (Lipinski definition) is 10. The molecule has 0 aromatic heterocycles. The van der Waals surface area contributed by atoms with Gasteiger partial charge >= 0.3 is 17.8 Å². The van der Waals surface area contributed by atoms with Crippen LogP contribution in [0.1, 0.15) is 19.8 Å². The standard InChI is InChI=1S/C14H19N5O9/c1-5(15)10(23)16-6(2-3-20)11(24)17-7(14(26)27)4-8(21)28-13-9(22)12(25)18-19-13/h5-7,20H,2-4,15H2,1H3,(H,16,23)(H,17,24)(H,26,27)(H,18,22,25)/t5-,6-,7-/m0/s1. The van der Waals surface area contributed by atoms with E-state index in [-0.39, 0.29) is 6.42 Å². The number of ether oxygens (including phenoxy) is 1. The third-order valence-corrected chi connectivity index (χ3v) is 3.30. The number of rotatable bonds is 10. The normalized spacial score (nSPS) is 16.3. The predicted octanol–water partition coefficient (Wildman–Crippen LogP) is -2.58. The second-order valence-electron chi connectivity index (χ2n) is 5.60. The van der Waals surface area contributed by atoms with Crippen molar-refractivity contribution in [1.29, 1.82) is 0 Å². The van der Waals surface area contributed by atoms with Gasteiger partial charge in [0.1, 0.15) is 12.1 Å². The Kier molecular flexibility index (Phi) is 8.15. The molecule has 7 N–H and O–H groups in total. The van der Waals surface area contributed by atoms with Crippen molar-refractivity contribution in [3.63, 3.8) is 0 Å². The Hall–Kier alpha value is -3.39. The Morgan fingerprint density at radius 1 is 1.14 bits per heavy atom. The summed E-state index contributed by atoms with van der Waals surface area (Å²) in [5, 5.41) is 37.7. The van der Waals surface area contributed by atoms with Gasteiger partial charge in [0.25, 0.3) is 11.6 Å². The third kappa shape index (κ3) is 6.40. The van der Waals surface area contributed by atoms with E-state index in [4.69, 9.17) is 10.8 Å². The number of azo groups is 1. The van der Waals surface area contributed by atoms with Crippen LogP contribution < -0.4 is 16.4 Å². The zero-order valence-corrected chi connectivity index (χ0v) is 14.6. The second-order valence-corrected chi connectivity index (χ2v) is 5.60. The average Bonchev–Trinajstić information content (AvgIpc) is 2.92. The quantitative estimate of drug-likeness (QED) is 0.209. The summed E-state index contributed by atoms with van der Waals surface area (Å²) in [7, 11) is 0.